The first-order valence-electron chi connectivity index (χ1n) is 4.91. The number of hydrogen-bond acceptors (Lipinski definition) is 1. The summed E-state index contributed by atoms with van der Waals surface area (Å²) < 4.78 is 2.08. The summed E-state index contributed by atoms with van der Waals surface area (Å²) in [5.74, 6) is 0.399. The fourth-order valence-electron chi connectivity index (χ4n) is 1.92. The summed E-state index contributed by atoms with van der Waals surface area (Å²) in [5.41, 5.74) is 3.83. The van der Waals surface area contributed by atoms with Crippen LogP contribution < -0.4 is 0 Å². The van der Waals surface area contributed by atoms with Gasteiger partial charge in [-0.1, -0.05) is 11.6 Å². The van der Waals surface area contributed by atoms with Gasteiger partial charge in [0.1, 0.15) is 0 Å². The van der Waals surface area contributed by atoms with Crippen molar-refractivity contribution < 1.29 is 0 Å². The summed E-state index contributed by atoms with van der Waals surface area (Å²) in [6.45, 7) is 0. The molecule has 2 nitrogen and oxygen atoms in total. The van der Waals surface area contributed by atoms with E-state index in [0.29, 0.717) is 10.9 Å². The molecule has 0 atom stereocenters. The molecule has 0 aliphatic carbocycles. The predicted molar refractivity (Wildman–Crippen MR) is 67.3 cm³/mol. The van der Waals surface area contributed by atoms with Crippen LogP contribution in [0.25, 0.3) is 16.6 Å². The van der Waals surface area contributed by atoms with Gasteiger partial charge in [-0.2, -0.15) is 0 Å². The fourth-order valence-corrected chi connectivity index (χ4v) is 2.28. The van der Waals surface area contributed by atoms with Crippen molar-refractivity contribution in [2.45, 2.75) is 5.88 Å². The van der Waals surface area contributed by atoms with Crippen molar-refractivity contribution in [3.63, 3.8) is 0 Å². The van der Waals surface area contributed by atoms with Crippen LogP contribution in [-0.2, 0) is 5.88 Å². The monoisotopic (exact) mass is 250 g/mol. The largest absolute Gasteiger partial charge is 0.313 e. The Balaban J connectivity index is 2.53. The molecule has 0 saturated heterocycles. The third-order valence-electron chi connectivity index (χ3n) is 2.62. The minimum atomic E-state index is 0.399. The first-order chi connectivity index (χ1) is 7.79. The number of rotatable bonds is 1. The first kappa shape index (κ1) is 9.94. The van der Waals surface area contributed by atoms with Crippen LogP contribution in [0.4, 0.5) is 0 Å². The number of hydrogen-bond donors (Lipinski definition) is 0. The van der Waals surface area contributed by atoms with Gasteiger partial charge >= 0.3 is 0 Å². The Morgan fingerprint density at radius 3 is 2.88 bits per heavy atom. The van der Waals surface area contributed by atoms with E-state index in [1.165, 1.54) is 0 Å². The van der Waals surface area contributed by atoms with Crippen molar-refractivity contribution in [1.82, 2.24) is 9.38 Å². The highest BCUT2D eigenvalue weighted by Gasteiger charge is 2.07. The molecular formula is C12H8Cl2N2. The first-order valence-corrected chi connectivity index (χ1v) is 5.82. The van der Waals surface area contributed by atoms with Crippen LogP contribution in [0.1, 0.15) is 5.69 Å². The predicted octanol–water partition coefficient (Wildman–Crippen LogP) is 3.88. The number of fused-ring (bicyclic) bond motifs is 3. The molecule has 80 valence electrons. The van der Waals surface area contributed by atoms with E-state index in [-0.39, 0.29) is 0 Å². The average Bonchev–Trinajstić information content (AvgIpc) is 2.76. The zero-order chi connectivity index (χ0) is 11.1. The number of nitrogens with zero attached hydrogens (tertiary/aromatic N) is 2. The Kier molecular flexibility index (Phi) is 2.27. The molecular weight excluding hydrogens is 243 g/mol. The highest BCUT2D eigenvalue weighted by Crippen LogP contribution is 2.22. The normalized spacial score (nSPS) is 11.4. The van der Waals surface area contributed by atoms with Gasteiger partial charge in [-0.15, -0.1) is 11.6 Å². The molecule has 0 amide bonds. The Bertz CT molecular complexity index is 673. The lowest BCUT2D eigenvalue weighted by molar-refractivity contribution is 1.15. The molecule has 0 spiro atoms. The Morgan fingerprint density at radius 1 is 1.19 bits per heavy atom. The van der Waals surface area contributed by atoms with Crippen molar-refractivity contribution in [1.29, 1.82) is 0 Å². The van der Waals surface area contributed by atoms with Crippen molar-refractivity contribution in [3.8, 4) is 0 Å². The molecule has 0 bridgehead atoms. The molecule has 3 aromatic rings. The van der Waals surface area contributed by atoms with E-state index in [1.54, 1.807) is 0 Å². The zero-order valence-electron chi connectivity index (χ0n) is 8.32. The summed E-state index contributed by atoms with van der Waals surface area (Å²) in [5, 5.41) is 0.687. The molecule has 0 aliphatic heterocycles. The second kappa shape index (κ2) is 3.65. The second-order valence-electron chi connectivity index (χ2n) is 3.59. The van der Waals surface area contributed by atoms with Crippen LogP contribution in [0.5, 0.6) is 0 Å². The highest BCUT2D eigenvalue weighted by molar-refractivity contribution is 6.31. The average molecular weight is 251 g/mol. The van der Waals surface area contributed by atoms with Crippen molar-refractivity contribution in [2.24, 2.45) is 0 Å². The minimum absolute atomic E-state index is 0.399. The van der Waals surface area contributed by atoms with Gasteiger partial charge in [0.2, 0.25) is 0 Å². The lowest BCUT2D eigenvalue weighted by atomic mass is 10.2. The van der Waals surface area contributed by atoms with E-state index in [0.717, 1.165) is 22.2 Å². The molecule has 4 heteroatoms. The Labute approximate surface area is 102 Å². The van der Waals surface area contributed by atoms with Crippen LogP contribution in [0.15, 0.2) is 36.5 Å². The van der Waals surface area contributed by atoms with Crippen molar-refractivity contribution in [3.05, 3.63) is 47.2 Å². The van der Waals surface area contributed by atoms with E-state index in [2.05, 4.69) is 9.38 Å². The van der Waals surface area contributed by atoms with Crippen LogP contribution in [0.3, 0.4) is 0 Å². The van der Waals surface area contributed by atoms with E-state index < -0.39 is 0 Å². The third-order valence-corrected chi connectivity index (χ3v) is 3.11. The Hall–Kier alpha value is -1.25. The molecule has 2 aromatic heterocycles. The molecule has 0 saturated carbocycles. The lowest BCUT2D eigenvalue weighted by Gasteiger charge is -2.06. The van der Waals surface area contributed by atoms with Gasteiger partial charge in [0, 0.05) is 11.2 Å². The van der Waals surface area contributed by atoms with Gasteiger partial charge in [-0.3, -0.25) is 0 Å². The molecule has 3 rings (SSSR count). The molecule has 0 unspecified atom stereocenters. The smallest absolute Gasteiger partial charge is 0.0889 e. The summed E-state index contributed by atoms with van der Waals surface area (Å²) in [6, 6.07) is 9.69. The van der Waals surface area contributed by atoms with Gasteiger partial charge in [-0.25, -0.2) is 4.98 Å². The molecule has 0 radical (unpaired) electrons. The van der Waals surface area contributed by atoms with Gasteiger partial charge in [0.15, 0.2) is 0 Å². The van der Waals surface area contributed by atoms with E-state index >= 15 is 0 Å². The summed E-state index contributed by atoms with van der Waals surface area (Å²) in [4.78, 5) is 4.52. The number of benzene rings is 1. The molecule has 0 N–H and O–H groups in total. The SMILES string of the molecule is ClCc1nc2cc(Cl)ccc2n2cccc12. The van der Waals surface area contributed by atoms with Crippen LogP contribution >= 0.6 is 23.2 Å². The lowest BCUT2D eigenvalue weighted by Crippen LogP contribution is -1.95. The van der Waals surface area contributed by atoms with E-state index in [1.807, 2.05) is 36.5 Å². The molecule has 1 aromatic carbocycles. The maximum atomic E-state index is 5.96. The van der Waals surface area contributed by atoms with Crippen LogP contribution in [0, 0.1) is 0 Å². The van der Waals surface area contributed by atoms with Gasteiger partial charge in [-0.05, 0) is 30.3 Å². The third kappa shape index (κ3) is 1.38. The maximum Gasteiger partial charge on any atom is 0.0889 e. The van der Waals surface area contributed by atoms with Gasteiger partial charge in [0.25, 0.3) is 0 Å². The standard InChI is InChI=1S/C12H8Cl2N2/c13-7-10-11-2-1-5-16(11)12-4-3-8(14)6-9(12)15-10/h1-6H,7H2. The van der Waals surface area contributed by atoms with Crippen LogP contribution in [0.2, 0.25) is 5.02 Å². The van der Waals surface area contributed by atoms with Crippen molar-refractivity contribution >= 4 is 39.8 Å². The van der Waals surface area contributed by atoms with Gasteiger partial charge in [0.05, 0.1) is 28.1 Å². The second-order valence-corrected chi connectivity index (χ2v) is 4.29. The maximum absolute atomic E-state index is 5.96. The fraction of sp³-hybridized carbons (Fsp3) is 0.0833. The Morgan fingerprint density at radius 2 is 2.06 bits per heavy atom. The number of aromatic nitrogens is 2. The quantitative estimate of drug-likeness (QED) is 0.600. The number of alkyl halides is 1. The summed E-state index contributed by atoms with van der Waals surface area (Å²) >= 11 is 11.9. The minimum Gasteiger partial charge on any atom is -0.313 e. The van der Waals surface area contributed by atoms with Crippen molar-refractivity contribution in [2.75, 3.05) is 0 Å². The van der Waals surface area contributed by atoms with E-state index in [9.17, 15) is 0 Å². The summed E-state index contributed by atoms with van der Waals surface area (Å²) in [7, 11) is 0. The number of halogens is 2. The molecule has 0 fully saturated rings. The van der Waals surface area contributed by atoms with Crippen LogP contribution in [-0.4, -0.2) is 9.38 Å². The molecule has 2 heterocycles. The highest BCUT2D eigenvalue weighted by atomic mass is 35.5. The molecule has 16 heavy (non-hydrogen) atoms. The van der Waals surface area contributed by atoms with E-state index in [4.69, 9.17) is 23.2 Å². The topological polar surface area (TPSA) is 17.3 Å². The molecule has 0 aliphatic rings. The zero-order valence-corrected chi connectivity index (χ0v) is 9.83. The summed E-state index contributed by atoms with van der Waals surface area (Å²) in [6.07, 6.45) is 2.00. The van der Waals surface area contributed by atoms with Gasteiger partial charge < -0.3 is 4.40 Å².